The third kappa shape index (κ3) is 4.62. The van der Waals surface area contributed by atoms with Crippen LogP contribution >= 0.6 is 0 Å². The van der Waals surface area contributed by atoms with Crippen LogP contribution < -0.4 is 14.4 Å². The molecule has 37 heavy (non-hydrogen) atoms. The summed E-state index contributed by atoms with van der Waals surface area (Å²) in [6.07, 6.45) is -0.402. The van der Waals surface area contributed by atoms with Crippen molar-refractivity contribution in [3.05, 3.63) is 88.9 Å². The van der Waals surface area contributed by atoms with Gasteiger partial charge in [0.05, 0.1) is 24.2 Å². The summed E-state index contributed by atoms with van der Waals surface area (Å²) in [4.78, 5) is 26.9. The van der Waals surface area contributed by atoms with Crippen molar-refractivity contribution >= 4 is 28.5 Å². The van der Waals surface area contributed by atoms with Crippen LogP contribution in [0.5, 0.6) is 11.5 Å². The van der Waals surface area contributed by atoms with Crippen molar-refractivity contribution < 1.29 is 28.6 Å². The number of carboxylic acids is 1. The number of likely N-dealkylation sites (N-methyl/N-ethyl adjacent to an activating group) is 1. The Labute approximate surface area is 213 Å². The number of hydrogen-bond donors (Lipinski definition) is 1. The van der Waals surface area contributed by atoms with Gasteiger partial charge in [-0.25, -0.2) is 4.39 Å². The second-order valence-electron chi connectivity index (χ2n) is 9.32. The molecule has 8 heteroatoms. The molecule has 0 saturated carbocycles. The summed E-state index contributed by atoms with van der Waals surface area (Å²) in [7, 11) is 1.88. The van der Waals surface area contributed by atoms with E-state index < -0.39 is 5.97 Å². The molecule has 0 aliphatic carbocycles. The first kappa shape index (κ1) is 24.4. The van der Waals surface area contributed by atoms with Gasteiger partial charge in [-0.2, -0.15) is 0 Å². The van der Waals surface area contributed by atoms with Crippen molar-refractivity contribution in [3.8, 4) is 11.5 Å². The number of carboxylic acid groups (broad SMARTS) is 1. The summed E-state index contributed by atoms with van der Waals surface area (Å²) >= 11 is 0. The van der Waals surface area contributed by atoms with Crippen LogP contribution in [0, 0.1) is 19.7 Å². The van der Waals surface area contributed by atoms with Crippen LogP contribution in [0.1, 0.15) is 27.2 Å². The number of benzene rings is 3. The Hall–Kier alpha value is -4.33. The van der Waals surface area contributed by atoms with Gasteiger partial charge in [0, 0.05) is 29.8 Å². The molecule has 1 aliphatic rings. The number of aromatic nitrogens is 1. The minimum absolute atomic E-state index is 0.156. The van der Waals surface area contributed by atoms with Gasteiger partial charge in [0.2, 0.25) is 0 Å². The summed E-state index contributed by atoms with van der Waals surface area (Å²) in [6.45, 7) is 4.47. The number of halogens is 1. The van der Waals surface area contributed by atoms with E-state index in [0.29, 0.717) is 46.1 Å². The molecular weight excluding hydrogens is 475 g/mol. The van der Waals surface area contributed by atoms with E-state index in [1.807, 2.05) is 43.1 Å². The van der Waals surface area contributed by atoms with Gasteiger partial charge < -0.3 is 19.5 Å². The molecule has 0 amide bonds. The summed E-state index contributed by atoms with van der Waals surface area (Å²) in [6, 6.07) is 17.0. The van der Waals surface area contributed by atoms with Crippen molar-refractivity contribution in [3.63, 3.8) is 0 Å². The largest absolute Gasteiger partial charge is 0.489 e. The standard InChI is InChI=1S/C29H27FN2O5/c1-17-12-19(29(35)32-18(2)23(14-28(33)34)22-6-4-5-7-24(22)32)8-10-26(17)36-16-21-15-31(3)25-13-20(30)9-11-27(25)37-21/h4-13,21H,14-16H2,1-3H3,(H,33,34)/t21-/m0/s1. The lowest BCUT2D eigenvalue weighted by molar-refractivity contribution is -0.136. The van der Waals surface area contributed by atoms with Crippen molar-refractivity contribution in [2.75, 3.05) is 25.1 Å². The van der Waals surface area contributed by atoms with E-state index in [-0.39, 0.29) is 30.9 Å². The molecule has 0 saturated heterocycles. The third-order valence-electron chi connectivity index (χ3n) is 6.72. The van der Waals surface area contributed by atoms with Gasteiger partial charge in [0.1, 0.15) is 30.0 Å². The van der Waals surface area contributed by atoms with Gasteiger partial charge in [0.15, 0.2) is 0 Å². The smallest absolute Gasteiger partial charge is 0.307 e. The van der Waals surface area contributed by atoms with Gasteiger partial charge in [-0.05, 0) is 61.4 Å². The van der Waals surface area contributed by atoms with Crippen molar-refractivity contribution in [1.29, 1.82) is 0 Å². The zero-order chi connectivity index (χ0) is 26.3. The summed E-state index contributed by atoms with van der Waals surface area (Å²) in [5.74, 6) is -0.248. The minimum atomic E-state index is -0.945. The molecule has 7 nitrogen and oxygen atoms in total. The highest BCUT2D eigenvalue weighted by atomic mass is 19.1. The molecule has 0 fully saturated rings. The number of nitrogens with zero attached hydrogens (tertiary/aromatic N) is 2. The Morgan fingerprint density at radius 3 is 2.65 bits per heavy atom. The topological polar surface area (TPSA) is 81.0 Å². The molecule has 5 rings (SSSR count). The Bertz CT molecular complexity index is 1530. The number of carbonyl (C=O) groups is 2. The van der Waals surface area contributed by atoms with Gasteiger partial charge in [-0.1, -0.05) is 18.2 Å². The maximum atomic E-state index is 13.6. The van der Waals surface area contributed by atoms with E-state index in [1.54, 1.807) is 35.8 Å². The van der Waals surface area contributed by atoms with E-state index in [4.69, 9.17) is 9.47 Å². The zero-order valence-electron chi connectivity index (χ0n) is 20.8. The number of para-hydroxylation sites is 1. The summed E-state index contributed by atoms with van der Waals surface area (Å²) in [5, 5.41) is 10.1. The Morgan fingerprint density at radius 1 is 1.11 bits per heavy atom. The quantitative estimate of drug-likeness (QED) is 0.400. The molecule has 0 bridgehead atoms. The van der Waals surface area contributed by atoms with E-state index in [2.05, 4.69) is 0 Å². The van der Waals surface area contributed by atoms with Crippen LogP contribution in [0.25, 0.3) is 10.9 Å². The SMILES string of the molecule is Cc1cc(C(=O)n2c(C)c(CC(=O)O)c3ccccc32)ccc1OC[C@@H]1CN(C)c2cc(F)ccc2O1. The van der Waals surface area contributed by atoms with Gasteiger partial charge in [-0.15, -0.1) is 0 Å². The molecule has 0 unspecified atom stereocenters. The third-order valence-corrected chi connectivity index (χ3v) is 6.72. The van der Waals surface area contributed by atoms with Crippen LogP contribution in [0.15, 0.2) is 60.7 Å². The average molecular weight is 503 g/mol. The maximum absolute atomic E-state index is 13.6. The molecule has 3 aromatic carbocycles. The minimum Gasteiger partial charge on any atom is -0.489 e. The van der Waals surface area contributed by atoms with Crippen LogP contribution in [0.4, 0.5) is 10.1 Å². The lowest BCUT2D eigenvalue weighted by Crippen LogP contribution is -2.41. The number of aryl methyl sites for hydroxylation is 1. The molecule has 1 N–H and O–H groups in total. The van der Waals surface area contributed by atoms with E-state index in [0.717, 1.165) is 10.9 Å². The van der Waals surface area contributed by atoms with Crippen molar-refractivity contribution in [2.45, 2.75) is 26.4 Å². The molecule has 0 spiro atoms. The molecular formula is C29H27FN2O5. The fourth-order valence-electron chi connectivity index (χ4n) is 4.92. The molecule has 1 atom stereocenters. The number of carbonyl (C=O) groups excluding carboxylic acids is 1. The number of anilines is 1. The number of ether oxygens (including phenoxy) is 2. The van der Waals surface area contributed by atoms with Crippen molar-refractivity contribution in [1.82, 2.24) is 4.57 Å². The molecule has 4 aromatic rings. The predicted octanol–water partition coefficient (Wildman–Crippen LogP) is 4.99. The molecule has 1 aliphatic heterocycles. The molecule has 190 valence electrons. The lowest BCUT2D eigenvalue weighted by Gasteiger charge is -2.33. The molecule has 0 radical (unpaired) electrons. The first-order valence-corrected chi connectivity index (χ1v) is 12.0. The number of fused-ring (bicyclic) bond motifs is 2. The monoisotopic (exact) mass is 502 g/mol. The maximum Gasteiger partial charge on any atom is 0.307 e. The average Bonchev–Trinajstić information content (AvgIpc) is 3.14. The van der Waals surface area contributed by atoms with E-state index in [9.17, 15) is 19.1 Å². The first-order valence-electron chi connectivity index (χ1n) is 12.0. The number of rotatable bonds is 6. The summed E-state index contributed by atoms with van der Waals surface area (Å²) in [5.41, 5.74) is 3.89. The van der Waals surface area contributed by atoms with Gasteiger partial charge >= 0.3 is 5.97 Å². The Morgan fingerprint density at radius 2 is 1.89 bits per heavy atom. The van der Waals surface area contributed by atoms with E-state index in [1.165, 1.54) is 12.1 Å². The van der Waals surface area contributed by atoms with E-state index >= 15 is 0 Å². The highest BCUT2D eigenvalue weighted by Gasteiger charge is 2.25. The predicted molar refractivity (Wildman–Crippen MR) is 139 cm³/mol. The van der Waals surface area contributed by atoms with Crippen LogP contribution in [0.2, 0.25) is 0 Å². The fourth-order valence-corrected chi connectivity index (χ4v) is 4.92. The number of hydrogen-bond acceptors (Lipinski definition) is 5. The highest BCUT2D eigenvalue weighted by Crippen LogP contribution is 2.33. The van der Waals surface area contributed by atoms with Crippen molar-refractivity contribution in [2.24, 2.45) is 0 Å². The van der Waals surface area contributed by atoms with Gasteiger partial charge in [0.25, 0.3) is 5.91 Å². The number of aliphatic carboxylic acids is 1. The van der Waals surface area contributed by atoms with Crippen LogP contribution in [-0.2, 0) is 11.2 Å². The first-order chi connectivity index (χ1) is 17.7. The Balaban J connectivity index is 1.35. The van der Waals surface area contributed by atoms with Gasteiger partial charge in [-0.3, -0.25) is 14.2 Å². The fraction of sp³-hybridized carbons (Fsp3) is 0.241. The molecule has 1 aromatic heterocycles. The highest BCUT2D eigenvalue weighted by molar-refractivity contribution is 6.04. The Kier molecular flexibility index (Phi) is 6.33. The lowest BCUT2D eigenvalue weighted by atomic mass is 10.1. The van der Waals surface area contributed by atoms with Crippen LogP contribution in [0.3, 0.4) is 0 Å². The molecule has 2 heterocycles. The zero-order valence-corrected chi connectivity index (χ0v) is 20.8. The van der Waals surface area contributed by atoms with Crippen LogP contribution in [-0.4, -0.2) is 47.9 Å². The normalized spacial score (nSPS) is 14.8. The summed E-state index contributed by atoms with van der Waals surface area (Å²) < 4.78 is 27.2. The second kappa shape index (κ2) is 9.61. The second-order valence-corrected chi connectivity index (χ2v) is 9.32.